The van der Waals surface area contributed by atoms with Gasteiger partial charge < -0.3 is 0 Å². The lowest BCUT2D eigenvalue weighted by molar-refractivity contribution is 1.07. The first-order chi connectivity index (χ1) is 23.7. The van der Waals surface area contributed by atoms with Crippen LogP contribution in [0.1, 0.15) is 0 Å². The van der Waals surface area contributed by atoms with E-state index in [9.17, 15) is 4.79 Å². The zero-order valence-electron chi connectivity index (χ0n) is 25.5. The molecule has 3 heterocycles. The van der Waals surface area contributed by atoms with E-state index in [0.717, 1.165) is 54.7 Å². The van der Waals surface area contributed by atoms with Gasteiger partial charge in [0.1, 0.15) is 0 Å². The minimum absolute atomic E-state index is 0.0553. The fourth-order valence-electron chi connectivity index (χ4n) is 6.11. The number of para-hydroxylation sites is 2. The molecule has 0 aliphatic rings. The second-order valence-corrected chi connectivity index (χ2v) is 12.5. The molecule has 0 aliphatic heterocycles. The third kappa shape index (κ3) is 4.94. The maximum Gasteiger partial charge on any atom is 0.266 e. The van der Waals surface area contributed by atoms with Gasteiger partial charge in [-0.1, -0.05) is 127 Å². The molecule has 7 heteroatoms. The summed E-state index contributed by atoms with van der Waals surface area (Å²) in [5.74, 6) is 1.86. The van der Waals surface area contributed by atoms with Crippen molar-refractivity contribution in [2.45, 2.75) is 0 Å². The molecule has 0 atom stereocenters. The van der Waals surface area contributed by atoms with E-state index in [1.54, 1.807) is 4.40 Å². The number of aromatic nitrogens is 5. The van der Waals surface area contributed by atoms with Gasteiger partial charge in [0.05, 0.1) is 16.4 Å². The Labute approximate surface area is 279 Å². The molecular formula is C41H25N5OS. The standard InChI is InChI=1S/C41H25N5OS/c47-40-33-25-31(21-22-36(33)48-41-42-34-19-7-8-20-35(34)46(40)41)29-16-9-15-28(23-29)30-17-10-18-32(24-30)39-44-37(26-11-3-1-4-12-26)43-38(45-39)27-13-5-2-6-14-27/h1-25H. The van der Waals surface area contributed by atoms with Crippen LogP contribution >= 0.6 is 11.3 Å². The number of nitrogens with zero attached hydrogens (tertiary/aromatic N) is 5. The Morgan fingerprint density at radius 1 is 0.438 bits per heavy atom. The highest BCUT2D eigenvalue weighted by Gasteiger charge is 2.15. The summed E-state index contributed by atoms with van der Waals surface area (Å²) in [4.78, 5) is 33.8. The molecule has 0 radical (unpaired) electrons. The third-order valence-corrected chi connectivity index (χ3v) is 9.53. The van der Waals surface area contributed by atoms with Crippen LogP contribution in [0.4, 0.5) is 0 Å². The molecule has 0 N–H and O–H groups in total. The fourth-order valence-corrected chi connectivity index (χ4v) is 7.11. The van der Waals surface area contributed by atoms with E-state index in [-0.39, 0.29) is 5.56 Å². The summed E-state index contributed by atoms with van der Waals surface area (Å²) in [6.07, 6.45) is 0. The van der Waals surface area contributed by atoms with E-state index < -0.39 is 0 Å². The SMILES string of the molecule is O=c1c2cc(-c3cccc(-c4cccc(-c5nc(-c6ccccc6)nc(-c6ccccc6)n5)c4)c3)ccc2sc2nc3ccccc3n12. The van der Waals surface area contributed by atoms with E-state index in [0.29, 0.717) is 27.8 Å². The first kappa shape index (κ1) is 28.0. The Hall–Kier alpha value is -6.31. The Morgan fingerprint density at radius 3 is 1.58 bits per heavy atom. The van der Waals surface area contributed by atoms with Crippen molar-refractivity contribution in [2.75, 3.05) is 0 Å². The molecule has 0 saturated carbocycles. The lowest BCUT2D eigenvalue weighted by Gasteiger charge is -2.10. The topological polar surface area (TPSA) is 73.0 Å². The predicted octanol–water partition coefficient (Wildman–Crippen LogP) is 9.58. The summed E-state index contributed by atoms with van der Waals surface area (Å²) in [5, 5.41) is 0.679. The van der Waals surface area contributed by atoms with Gasteiger partial charge >= 0.3 is 0 Å². The summed E-state index contributed by atoms with van der Waals surface area (Å²) in [6.45, 7) is 0. The highest BCUT2D eigenvalue weighted by Crippen LogP contribution is 2.32. The van der Waals surface area contributed by atoms with Crippen molar-refractivity contribution >= 4 is 37.4 Å². The molecule has 0 saturated heterocycles. The number of benzene rings is 6. The summed E-state index contributed by atoms with van der Waals surface area (Å²) >= 11 is 1.53. The predicted molar refractivity (Wildman–Crippen MR) is 195 cm³/mol. The highest BCUT2D eigenvalue weighted by molar-refractivity contribution is 7.23. The van der Waals surface area contributed by atoms with Crippen molar-refractivity contribution in [1.82, 2.24) is 24.3 Å². The largest absolute Gasteiger partial charge is 0.268 e. The normalized spacial score (nSPS) is 11.4. The van der Waals surface area contributed by atoms with Gasteiger partial charge in [0, 0.05) is 21.4 Å². The second-order valence-electron chi connectivity index (χ2n) is 11.5. The first-order valence-electron chi connectivity index (χ1n) is 15.6. The minimum atomic E-state index is -0.0553. The molecule has 6 aromatic carbocycles. The second kappa shape index (κ2) is 11.5. The van der Waals surface area contributed by atoms with E-state index in [1.165, 1.54) is 11.3 Å². The maximum absolute atomic E-state index is 13.7. The van der Waals surface area contributed by atoms with E-state index in [4.69, 9.17) is 19.9 Å². The van der Waals surface area contributed by atoms with Gasteiger partial charge in [0.15, 0.2) is 22.4 Å². The fraction of sp³-hybridized carbons (Fsp3) is 0. The molecule has 9 aromatic rings. The average Bonchev–Trinajstić information content (AvgIpc) is 3.54. The summed E-state index contributed by atoms with van der Waals surface area (Å²) in [6, 6.07) is 50.5. The quantitative estimate of drug-likeness (QED) is 0.188. The molecular weight excluding hydrogens is 611 g/mol. The van der Waals surface area contributed by atoms with E-state index in [2.05, 4.69) is 42.5 Å². The van der Waals surface area contributed by atoms with Crippen LogP contribution in [0.15, 0.2) is 156 Å². The average molecular weight is 636 g/mol. The van der Waals surface area contributed by atoms with Crippen molar-refractivity contribution in [1.29, 1.82) is 0 Å². The van der Waals surface area contributed by atoms with Crippen LogP contribution in [0.3, 0.4) is 0 Å². The van der Waals surface area contributed by atoms with Crippen LogP contribution in [0.25, 0.3) is 82.5 Å². The third-order valence-electron chi connectivity index (χ3n) is 8.49. The molecule has 0 amide bonds. The molecule has 0 spiro atoms. The number of rotatable bonds is 5. The molecule has 9 rings (SSSR count). The van der Waals surface area contributed by atoms with Crippen LogP contribution < -0.4 is 5.56 Å². The first-order valence-corrected chi connectivity index (χ1v) is 16.4. The van der Waals surface area contributed by atoms with Crippen molar-refractivity contribution in [3.63, 3.8) is 0 Å². The van der Waals surface area contributed by atoms with E-state index in [1.807, 2.05) is 109 Å². The summed E-state index contributed by atoms with van der Waals surface area (Å²) in [7, 11) is 0. The molecule has 3 aromatic heterocycles. The van der Waals surface area contributed by atoms with Gasteiger partial charge in [-0.25, -0.2) is 24.3 Å². The Kier molecular flexibility index (Phi) is 6.69. The van der Waals surface area contributed by atoms with Crippen LogP contribution in [0.2, 0.25) is 0 Å². The molecule has 0 bridgehead atoms. The van der Waals surface area contributed by atoms with Gasteiger partial charge in [0.2, 0.25) is 0 Å². The Balaban J connectivity index is 1.12. The zero-order chi connectivity index (χ0) is 32.0. The number of imidazole rings is 1. The lowest BCUT2D eigenvalue weighted by atomic mass is 9.97. The molecule has 0 fully saturated rings. The Bertz CT molecular complexity index is 2640. The zero-order valence-corrected chi connectivity index (χ0v) is 26.3. The molecule has 0 unspecified atom stereocenters. The van der Waals surface area contributed by atoms with Crippen molar-refractivity contribution in [3.8, 4) is 56.4 Å². The number of hydrogen-bond acceptors (Lipinski definition) is 6. The van der Waals surface area contributed by atoms with Gasteiger partial charge in [-0.2, -0.15) is 0 Å². The number of hydrogen-bond donors (Lipinski definition) is 0. The smallest absolute Gasteiger partial charge is 0.266 e. The summed E-state index contributed by atoms with van der Waals surface area (Å²) in [5.41, 5.74) is 8.45. The Morgan fingerprint density at radius 2 is 0.938 bits per heavy atom. The molecule has 6 nitrogen and oxygen atoms in total. The van der Waals surface area contributed by atoms with Gasteiger partial charge in [-0.15, -0.1) is 0 Å². The van der Waals surface area contributed by atoms with E-state index >= 15 is 0 Å². The van der Waals surface area contributed by atoms with Crippen LogP contribution in [0, 0.1) is 0 Å². The van der Waals surface area contributed by atoms with Gasteiger partial charge in [0.25, 0.3) is 5.56 Å². The van der Waals surface area contributed by atoms with Crippen LogP contribution in [0.5, 0.6) is 0 Å². The summed E-state index contributed by atoms with van der Waals surface area (Å²) < 4.78 is 2.64. The number of fused-ring (bicyclic) bond motifs is 4. The van der Waals surface area contributed by atoms with Crippen molar-refractivity contribution in [2.24, 2.45) is 0 Å². The van der Waals surface area contributed by atoms with Crippen molar-refractivity contribution in [3.05, 3.63) is 162 Å². The van der Waals surface area contributed by atoms with Crippen LogP contribution in [-0.4, -0.2) is 24.3 Å². The van der Waals surface area contributed by atoms with Crippen molar-refractivity contribution < 1.29 is 0 Å². The molecule has 226 valence electrons. The minimum Gasteiger partial charge on any atom is -0.268 e. The van der Waals surface area contributed by atoms with Gasteiger partial charge in [-0.05, 0) is 58.7 Å². The lowest BCUT2D eigenvalue weighted by Crippen LogP contribution is -2.11. The maximum atomic E-state index is 13.7. The monoisotopic (exact) mass is 635 g/mol. The highest BCUT2D eigenvalue weighted by atomic mass is 32.1. The van der Waals surface area contributed by atoms with Crippen LogP contribution in [-0.2, 0) is 0 Å². The molecule has 48 heavy (non-hydrogen) atoms. The molecule has 0 aliphatic carbocycles. The van der Waals surface area contributed by atoms with Gasteiger partial charge in [-0.3, -0.25) is 4.79 Å².